The van der Waals surface area contributed by atoms with Crippen molar-refractivity contribution in [2.24, 2.45) is 0 Å². The predicted molar refractivity (Wildman–Crippen MR) is 43.8 cm³/mol. The number of nitrogens with zero attached hydrogens (tertiary/aromatic N) is 1. The van der Waals surface area contributed by atoms with Crippen molar-refractivity contribution in [1.29, 1.82) is 0 Å². The van der Waals surface area contributed by atoms with Crippen LogP contribution in [0, 0.1) is 0 Å². The second kappa shape index (κ2) is 7.54. The van der Waals surface area contributed by atoms with Gasteiger partial charge in [0.1, 0.15) is 6.73 Å². The summed E-state index contributed by atoms with van der Waals surface area (Å²) in [6.45, 7) is 5.77. The first kappa shape index (κ1) is 10.4. The Balaban J connectivity index is 3.14. The van der Waals surface area contributed by atoms with Crippen LogP contribution in [0.1, 0.15) is 26.7 Å². The zero-order valence-electron chi connectivity index (χ0n) is 7.30. The molecule has 0 rings (SSSR count). The molecule has 3 heteroatoms. The van der Waals surface area contributed by atoms with Crippen molar-refractivity contribution in [3.63, 3.8) is 0 Å². The van der Waals surface area contributed by atoms with Crippen LogP contribution in [0.5, 0.6) is 0 Å². The van der Waals surface area contributed by atoms with Gasteiger partial charge in [-0.15, -0.1) is 0 Å². The Bertz CT molecular complexity index is 96.1. The summed E-state index contributed by atoms with van der Waals surface area (Å²) in [5.74, 6) is 0. The van der Waals surface area contributed by atoms with Gasteiger partial charge in [0.2, 0.25) is 0 Å². The standard InChI is InChI=1S/C8H16NO2/c1-3-5-6-11-8-9(4-2)7-10/h3-6,8H2,1-2H3. The number of rotatable bonds is 7. The van der Waals surface area contributed by atoms with Crippen molar-refractivity contribution in [1.82, 2.24) is 4.90 Å². The second-order valence-electron chi connectivity index (χ2n) is 2.34. The molecule has 0 saturated heterocycles. The minimum atomic E-state index is 0.375. The number of hydrogen-bond acceptors (Lipinski definition) is 2. The fourth-order valence-corrected chi connectivity index (χ4v) is 0.603. The Morgan fingerprint density at radius 2 is 2.18 bits per heavy atom. The Labute approximate surface area is 68.3 Å². The highest BCUT2D eigenvalue weighted by atomic mass is 16.5. The maximum Gasteiger partial charge on any atom is 0.313 e. The zero-order valence-corrected chi connectivity index (χ0v) is 7.30. The summed E-state index contributed by atoms with van der Waals surface area (Å²) >= 11 is 0. The van der Waals surface area contributed by atoms with E-state index in [9.17, 15) is 4.79 Å². The van der Waals surface area contributed by atoms with Crippen LogP contribution in [0.25, 0.3) is 0 Å². The van der Waals surface area contributed by atoms with Crippen molar-refractivity contribution in [3.8, 4) is 0 Å². The number of amides is 1. The molecule has 0 aromatic carbocycles. The normalized spacial score (nSPS) is 9.64. The minimum absolute atomic E-state index is 0.375. The van der Waals surface area contributed by atoms with Crippen molar-refractivity contribution in [3.05, 3.63) is 0 Å². The van der Waals surface area contributed by atoms with Gasteiger partial charge in [-0.05, 0) is 13.3 Å². The molecular weight excluding hydrogens is 142 g/mol. The summed E-state index contributed by atoms with van der Waals surface area (Å²) in [6.07, 6.45) is 3.96. The highest BCUT2D eigenvalue weighted by Gasteiger charge is 1.96. The van der Waals surface area contributed by atoms with E-state index in [1.807, 2.05) is 6.92 Å². The van der Waals surface area contributed by atoms with Crippen molar-refractivity contribution in [2.45, 2.75) is 26.7 Å². The van der Waals surface area contributed by atoms with Crippen molar-refractivity contribution >= 4 is 6.41 Å². The van der Waals surface area contributed by atoms with Crippen molar-refractivity contribution < 1.29 is 9.53 Å². The molecular formula is C8H16NO2. The molecule has 3 nitrogen and oxygen atoms in total. The first-order valence-corrected chi connectivity index (χ1v) is 4.05. The number of carbonyl (C=O) groups excluding carboxylic acids is 1. The number of hydrogen-bond donors (Lipinski definition) is 0. The Kier molecular flexibility index (Phi) is 7.15. The highest BCUT2D eigenvalue weighted by molar-refractivity contribution is 5.47. The fraction of sp³-hybridized carbons (Fsp3) is 0.875. The molecule has 0 bridgehead atoms. The average molecular weight is 158 g/mol. The van der Waals surface area contributed by atoms with Gasteiger partial charge in [0, 0.05) is 13.2 Å². The monoisotopic (exact) mass is 158 g/mol. The summed E-state index contributed by atoms with van der Waals surface area (Å²) in [4.78, 5) is 11.6. The smallest absolute Gasteiger partial charge is 0.313 e. The van der Waals surface area contributed by atoms with Crippen LogP contribution >= 0.6 is 0 Å². The summed E-state index contributed by atoms with van der Waals surface area (Å²) in [5, 5.41) is 0. The molecule has 0 saturated carbocycles. The van der Waals surface area contributed by atoms with E-state index in [1.54, 1.807) is 6.41 Å². The van der Waals surface area contributed by atoms with Crippen molar-refractivity contribution in [2.75, 3.05) is 19.9 Å². The molecule has 0 heterocycles. The van der Waals surface area contributed by atoms with Gasteiger partial charge in [0.05, 0.1) is 0 Å². The second-order valence-corrected chi connectivity index (χ2v) is 2.34. The molecule has 0 fully saturated rings. The van der Waals surface area contributed by atoms with Crippen LogP contribution in [0.3, 0.4) is 0 Å². The predicted octanol–water partition coefficient (Wildman–Crippen LogP) is 1.15. The Hall–Kier alpha value is -0.570. The maximum atomic E-state index is 10.1. The molecule has 65 valence electrons. The number of unbranched alkanes of at least 4 members (excludes halogenated alkanes) is 1. The topological polar surface area (TPSA) is 29.5 Å². The van der Waals surface area contributed by atoms with Gasteiger partial charge in [0.25, 0.3) is 0 Å². The molecule has 0 spiro atoms. The van der Waals surface area contributed by atoms with E-state index >= 15 is 0 Å². The van der Waals surface area contributed by atoms with Crippen LogP contribution < -0.4 is 0 Å². The SMILES string of the molecule is CCCCOCN([C]=O)CC. The van der Waals surface area contributed by atoms with Crippen LogP contribution in [0.15, 0.2) is 0 Å². The molecule has 0 aliphatic carbocycles. The van der Waals surface area contributed by atoms with Crippen LogP contribution in [-0.4, -0.2) is 31.2 Å². The van der Waals surface area contributed by atoms with Crippen LogP contribution in [0.4, 0.5) is 0 Å². The first-order valence-electron chi connectivity index (χ1n) is 4.05. The van der Waals surface area contributed by atoms with Gasteiger partial charge in [-0.2, -0.15) is 0 Å². The van der Waals surface area contributed by atoms with Gasteiger partial charge >= 0.3 is 6.41 Å². The van der Waals surface area contributed by atoms with E-state index in [4.69, 9.17) is 4.74 Å². The molecule has 0 aromatic heterocycles. The van der Waals surface area contributed by atoms with Gasteiger partial charge in [0.15, 0.2) is 0 Å². The number of ether oxygens (including phenoxy) is 1. The van der Waals surface area contributed by atoms with E-state index in [1.165, 1.54) is 4.90 Å². The van der Waals surface area contributed by atoms with E-state index in [2.05, 4.69) is 6.92 Å². The zero-order chi connectivity index (χ0) is 8.53. The van der Waals surface area contributed by atoms with E-state index in [0.717, 1.165) is 19.4 Å². The molecule has 0 unspecified atom stereocenters. The quantitative estimate of drug-likeness (QED) is 0.316. The lowest BCUT2D eigenvalue weighted by Crippen LogP contribution is -2.24. The third kappa shape index (κ3) is 5.85. The lowest BCUT2D eigenvalue weighted by atomic mass is 10.4. The third-order valence-corrected chi connectivity index (χ3v) is 1.40. The fourth-order valence-electron chi connectivity index (χ4n) is 0.603. The van der Waals surface area contributed by atoms with E-state index in [-0.39, 0.29) is 0 Å². The van der Waals surface area contributed by atoms with E-state index in [0.29, 0.717) is 13.3 Å². The van der Waals surface area contributed by atoms with Crippen LogP contribution in [0.2, 0.25) is 0 Å². The molecule has 0 aliphatic heterocycles. The van der Waals surface area contributed by atoms with Gasteiger partial charge in [-0.1, -0.05) is 13.3 Å². The molecule has 0 N–H and O–H groups in total. The largest absolute Gasteiger partial charge is 0.361 e. The summed E-state index contributed by atoms with van der Waals surface area (Å²) < 4.78 is 5.18. The van der Waals surface area contributed by atoms with Gasteiger partial charge in [-0.25, -0.2) is 0 Å². The molecule has 0 aliphatic rings. The maximum absolute atomic E-state index is 10.1. The average Bonchev–Trinajstić information content (AvgIpc) is 2.05. The molecule has 1 radical (unpaired) electrons. The highest BCUT2D eigenvalue weighted by Crippen LogP contribution is 1.89. The minimum Gasteiger partial charge on any atom is -0.361 e. The van der Waals surface area contributed by atoms with E-state index < -0.39 is 0 Å². The summed E-state index contributed by atoms with van der Waals surface area (Å²) in [6, 6.07) is 0. The molecule has 1 amide bonds. The lowest BCUT2D eigenvalue weighted by molar-refractivity contribution is 0.0639. The lowest BCUT2D eigenvalue weighted by Gasteiger charge is -2.12. The van der Waals surface area contributed by atoms with Gasteiger partial charge in [-0.3, -0.25) is 4.79 Å². The Morgan fingerprint density at radius 3 is 2.64 bits per heavy atom. The first-order chi connectivity index (χ1) is 5.35. The third-order valence-electron chi connectivity index (χ3n) is 1.40. The molecule has 0 atom stereocenters. The summed E-state index contributed by atoms with van der Waals surface area (Å²) in [7, 11) is 0. The Morgan fingerprint density at radius 1 is 1.45 bits per heavy atom. The molecule has 0 aromatic rings. The van der Waals surface area contributed by atoms with Gasteiger partial charge < -0.3 is 9.64 Å². The summed E-state index contributed by atoms with van der Waals surface area (Å²) in [5.41, 5.74) is 0. The molecule has 11 heavy (non-hydrogen) atoms. The van der Waals surface area contributed by atoms with Crippen LogP contribution in [-0.2, 0) is 9.53 Å².